The molecule has 0 fully saturated rings. The quantitative estimate of drug-likeness (QED) is 0.805. The first-order valence-corrected chi connectivity index (χ1v) is 8.34. The van der Waals surface area contributed by atoms with Gasteiger partial charge in [0.2, 0.25) is 10.0 Å². The van der Waals surface area contributed by atoms with E-state index in [0.717, 1.165) is 18.7 Å². The summed E-state index contributed by atoms with van der Waals surface area (Å²) < 4.78 is 29.0. The fourth-order valence-corrected chi connectivity index (χ4v) is 3.11. The number of nitrogens with two attached hydrogens (primary N) is 1. The minimum absolute atomic E-state index is 0.167. The van der Waals surface area contributed by atoms with E-state index in [1.54, 1.807) is 30.6 Å². The van der Waals surface area contributed by atoms with Crippen molar-refractivity contribution < 1.29 is 8.42 Å². The summed E-state index contributed by atoms with van der Waals surface area (Å²) in [6.45, 7) is 3.27. The SMILES string of the molecule is CCCn1cc(S(=O)(=O)NCc2ccccn2)cc1CN. The summed E-state index contributed by atoms with van der Waals surface area (Å²) in [6, 6.07) is 7.00. The van der Waals surface area contributed by atoms with Crippen molar-refractivity contribution in [3.8, 4) is 0 Å². The van der Waals surface area contributed by atoms with E-state index in [-0.39, 0.29) is 11.4 Å². The van der Waals surface area contributed by atoms with Crippen molar-refractivity contribution in [3.05, 3.63) is 48.0 Å². The van der Waals surface area contributed by atoms with Gasteiger partial charge in [-0.15, -0.1) is 0 Å². The van der Waals surface area contributed by atoms with Crippen molar-refractivity contribution >= 4 is 10.0 Å². The van der Waals surface area contributed by atoms with Crippen LogP contribution in [0.5, 0.6) is 0 Å². The second-order valence-corrected chi connectivity index (χ2v) is 6.48. The molecule has 2 aromatic rings. The van der Waals surface area contributed by atoms with Crippen molar-refractivity contribution in [1.82, 2.24) is 14.3 Å². The molecule has 0 saturated heterocycles. The van der Waals surface area contributed by atoms with Crippen LogP contribution in [0.25, 0.3) is 0 Å². The van der Waals surface area contributed by atoms with Gasteiger partial charge in [0.15, 0.2) is 0 Å². The number of pyridine rings is 1. The molecule has 0 saturated carbocycles. The Morgan fingerprint density at radius 1 is 1.38 bits per heavy atom. The Balaban J connectivity index is 2.15. The molecule has 0 aliphatic rings. The Kier molecular flexibility index (Phi) is 5.11. The van der Waals surface area contributed by atoms with Gasteiger partial charge in [-0.3, -0.25) is 4.98 Å². The van der Waals surface area contributed by atoms with Crippen LogP contribution in [0.2, 0.25) is 0 Å². The van der Waals surface area contributed by atoms with Crippen LogP contribution in [-0.4, -0.2) is 18.0 Å². The van der Waals surface area contributed by atoms with Crippen molar-refractivity contribution in [2.24, 2.45) is 5.73 Å². The number of hydrogen-bond acceptors (Lipinski definition) is 4. The summed E-state index contributed by atoms with van der Waals surface area (Å²) >= 11 is 0. The lowest BCUT2D eigenvalue weighted by atomic mass is 10.4. The highest BCUT2D eigenvalue weighted by Crippen LogP contribution is 2.15. The van der Waals surface area contributed by atoms with E-state index in [1.165, 1.54) is 0 Å². The van der Waals surface area contributed by atoms with Gasteiger partial charge in [-0.05, 0) is 24.6 Å². The van der Waals surface area contributed by atoms with E-state index in [4.69, 9.17) is 5.73 Å². The van der Waals surface area contributed by atoms with E-state index in [1.807, 2.05) is 17.6 Å². The average molecular weight is 308 g/mol. The molecule has 0 spiro atoms. The largest absolute Gasteiger partial charge is 0.349 e. The lowest BCUT2D eigenvalue weighted by Gasteiger charge is -2.05. The molecule has 2 aromatic heterocycles. The first-order chi connectivity index (χ1) is 10.1. The summed E-state index contributed by atoms with van der Waals surface area (Å²) in [5, 5.41) is 0. The third kappa shape index (κ3) is 3.90. The molecule has 21 heavy (non-hydrogen) atoms. The van der Waals surface area contributed by atoms with Crippen LogP contribution in [-0.2, 0) is 29.7 Å². The molecule has 0 aliphatic carbocycles. The van der Waals surface area contributed by atoms with Crippen LogP contribution in [0.4, 0.5) is 0 Å². The maximum atomic E-state index is 12.3. The van der Waals surface area contributed by atoms with Crippen molar-refractivity contribution in [1.29, 1.82) is 0 Å². The van der Waals surface area contributed by atoms with Crippen LogP contribution < -0.4 is 10.5 Å². The van der Waals surface area contributed by atoms with E-state index < -0.39 is 10.0 Å². The standard InChI is InChI=1S/C14H20N4O2S/c1-2-7-18-11-14(8-13(18)9-15)21(19,20)17-10-12-5-3-4-6-16-12/h3-6,8,11,17H,2,7,9-10,15H2,1H3. The zero-order chi connectivity index (χ0) is 15.3. The summed E-state index contributed by atoms with van der Waals surface area (Å²) in [4.78, 5) is 4.33. The minimum atomic E-state index is -3.55. The number of nitrogens with one attached hydrogen (secondary N) is 1. The molecule has 0 radical (unpaired) electrons. The molecule has 0 atom stereocenters. The molecule has 0 aromatic carbocycles. The van der Waals surface area contributed by atoms with Crippen LogP contribution in [0, 0.1) is 0 Å². The Morgan fingerprint density at radius 2 is 2.19 bits per heavy atom. The highest BCUT2D eigenvalue weighted by molar-refractivity contribution is 7.89. The summed E-state index contributed by atoms with van der Waals surface area (Å²) in [5.74, 6) is 0. The van der Waals surface area contributed by atoms with Crippen LogP contribution in [0.15, 0.2) is 41.6 Å². The molecule has 2 heterocycles. The second kappa shape index (κ2) is 6.84. The Hall–Kier alpha value is -1.70. The molecule has 3 N–H and O–H groups in total. The highest BCUT2D eigenvalue weighted by atomic mass is 32.2. The van der Waals surface area contributed by atoms with Gasteiger partial charge in [0.1, 0.15) is 0 Å². The monoisotopic (exact) mass is 308 g/mol. The molecular weight excluding hydrogens is 288 g/mol. The molecule has 2 rings (SSSR count). The molecule has 6 nitrogen and oxygen atoms in total. The zero-order valence-electron chi connectivity index (χ0n) is 12.0. The molecule has 0 amide bonds. The Bertz CT molecular complexity index is 680. The van der Waals surface area contributed by atoms with Gasteiger partial charge in [-0.1, -0.05) is 13.0 Å². The van der Waals surface area contributed by atoms with Gasteiger partial charge in [-0.25, -0.2) is 13.1 Å². The molecular formula is C14H20N4O2S. The second-order valence-electron chi connectivity index (χ2n) is 4.71. The van der Waals surface area contributed by atoms with E-state index in [9.17, 15) is 8.42 Å². The maximum absolute atomic E-state index is 12.3. The zero-order valence-corrected chi connectivity index (χ0v) is 12.8. The van der Waals surface area contributed by atoms with Crippen LogP contribution in [0.3, 0.4) is 0 Å². The molecule has 0 aliphatic heterocycles. The van der Waals surface area contributed by atoms with Gasteiger partial charge in [0.05, 0.1) is 17.1 Å². The van der Waals surface area contributed by atoms with Crippen molar-refractivity contribution in [2.45, 2.75) is 37.9 Å². The van der Waals surface area contributed by atoms with Crippen LogP contribution in [0.1, 0.15) is 24.7 Å². The summed E-state index contributed by atoms with van der Waals surface area (Å²) in [5.41, 5.74) is 7.15. The highest BCUT2D eigenvalue weighted by Gasteiger charge is 2.17. The predicted molar refractivity (Wildman–Crippen MR) is 80.9 cm³/mol. The smallest absolute Gasteiger partial charge is 0.242 e. The van der Waals surface area contributed by atoms with Crippen LogP contribution >= 0.6 is 0 Å². The number of aryl methyl sites for hydroxylation is 1. The van der Waals surface area contributed by atoms with Crippen molar-refractivity contribution in [2.75, 3.05) is 0 Å². The summed E-state index contributed by atoms with van der Waals surface area (Å²) in [7, 11) is -3.55. The lowest BCUT2D eigenvalue weighted by molar-refractivity contribution is 0.579. The van der Waals surface area contributed by atoms with Gasteiger partial charge < -0.3 is 10.3 Å². The first-order valence-electron chi connectivity index (χ1n) is 6.85. The number of aromatic nitrogens is 2. The maximum Gasteiger partial charge on any atom is 0.242 e. The first kappa shape index (κ1) is 15.7. The van der Waals surface area contributed by atoms with E-state index in [0.29, 0.717) is 12.2 Å². The Morgan fingerprint density at radius 3 is 2.81 bits per heavy atom. The fourth-order valence-electron chi connectivity index (χ4n) is 2.05. The minimum Gasteiger partial charge on any atom is -0.349 e. The number of rotatable bonds is 7. The van der Waals surface area contributed by atoms with Gasteiger partial charge >= 0.3 is 0 Å². The Labute approximate surface area is 125 Å². The van der Waals surface area contributed by atoms with Gasteiger partial charge in [-0.2, -0.15) is 0 Å². The number of nitrogens with zero attached hydrogens (tertiary/aromatic N) is 2. The number of sulfonamides is 1. The predicted octanol–water partition coefficient (Wildman–Crippen LogP) is 1.23. The summed E-state index contributed by atoms with van der Waals surface area (Å²) in [6.07, 6.45) is 4.18. The topological polar surface area (TPSA) is 90.0 Å². The normalized spacial score (nSPS) is 11.7. The van der Waals surface area contributed by atoms with Gasteiger partial charge in [0.25, 0.3) is 0 Å². The molecule has 114 valence electrons. The number of hydrogen-bond donors (Lipinski definition) is 2. The molecule has 7 heteroatoms. The fraction of sp³-hybridized carbons (Fsp3) is 0.357. The third-order valence-corrected chi connectivity index (χ3v) is 4.48. The van der Waals surface area contributed by atoms with Crippen molar-refractivity contribution in [3.63, 3.8) is 0 Å². The average Bonchev–Trinajstić information content (AvgIpc) is 2.91. The van der Waals surface area contributed by atoms with E-state index >= 15 is 0 Å². The molecule has 0 unspecified atom stereocenters. The third-order valence-electron chi connectivity index (χ3n) is 3.11. The van der Waals surface area contributed by atoms with Gasteiger partial charge in [0, 0.05) is 31.2 Å². The molecule has 0 bridgehead atoms. The lowest BCUT2D eigenvalue weighted by Crippen LogP contribution is -2.23. The van der Waals surface area contributed by atoms with E-state index in [2.05, 4.69) is 9.71 Å².